The number of carboxylic acid groups (broad SMARTS) is 1. The molecule has 0 radical (unpaired) electrons. The van der Waals surface area contributed by atoms with Gasteiger partial charge in [0, 0.05) is 5.92 Å². The van der Waals surface area contributed by atoms with Crippen LogP contribution in [0.25, 0.3) is 0 Å². The molecule has 0 atom stereocenters. The molecule has 2 nitrogen and oxygen atoms in total. The predicted molar refractivity (Wildman–Crippen MR) is 26.4 cm³/mol. The highest BCUT2D eigenvalue weighted by atomic mass is 19.3. The van der Waals surface area contributed by atoms with Crippen molar-refractivity contribution in [1.82, 2.24) is 0 Å². The van der Waals surface area contributed by atoms with Crippen molar-refractivity contribution in [3.63, 3.8) is 0 Å². The Hall–Kier alpha value is -1.25. The molecule has 0 aromatic rings. The number of aliphatic carboxylic acids is 1. The van der Waals surface area contributed by atoms with Crippen LogP contribution in [0.3, 0.4) is 0 Å². The summed E-state index contributed by atoms with van der Waals surface area (Å²) in [5, 5.41) is 7.71. The van der Waals surface area contributed by atoms with Crippen LogP contribution >= 0.6 is 0 Å². The molecule has 0 amide bonds. The van der Waals surface area contributed by atoms with E-state index in [2.05, 4.69) is 0 Å². The molecule has 62 valence electrons. The lowest BCUT2D eigenvalue weighted by atomic mass is 10.3. The average molecular weight is 170 g/mol. The Bertz CT molecular complexity index is 212. The highest BCUT2D eigenvalue weighted by Gasteiger charge is 2.38. The maximum absolute atomic E-state index is 11.7. The summed E-state index contributed by atoms with van der Waals surface area (Å²) in [6.45, 7) is 0. The second-order valence-electron chi connectivity index (χ2n) is 1.48. The van der Waals surface area contributed by atoms with Crippen LogP contribution in [0.4, 0.5) is 17.6 Å². The third-order valence-electron chi connectivity index (χ3n) is 0.610. The predicted octanol–water partition coefficient (Wildman–Crippen LogP) is 0.975. The molecular weight excluding hydrogens is 168 g/mol. The van der Waals surface area contributed by atoms with E-state index in [1.54, 1.807) is 0 Å². The van der Waals surface area contributed by atoms with E-state index in [0.29, 0.717) is 5.92 Å². The third-order valence-corrected chi connectivity index (χ3v) is 0.610. The van der Waals surface area contributed by atoms with Crippen molar-refractivity contribution >= 4 is 5.97 Å². The molecule has 0 aromatic heterocycles. The van der Waals surface area contributed by atoms with Crippen LogP contribution in [0, 0.1) is 11.8 Å². The number of carboxylic acids is 1. The van der Waals surface area contributed by atoms with E-state index in [9.17, 15) is 22.4 Å². The lowest BCUT2D eigenvalue weighted by Gasteiger charge is -2.05. The van der Waals surface area contributed by atoms with Crippen molar-refractivity contribution in [2.75, 3.05) is 0 Å². The van der Waals surface area contributed by atoms with Crippen LogP contribution in [0.1, 0.15) is 0 Å². The molecule has 0 spiro atoms. The van der Waals surface area contributed by atoms with E-state index in [4.69, 9.17) is 5.11 Å². The van der Waals surface area contributed by atoms with Crippen molar-refractivity contribution in [2.45, 2.75) is 12.3 Å². The van der Waals surface area contributed by atoms with Crippen LogP contribution in [-0.4, -0.2) is 23.4 Å². The second-order valence-corrected chi connectivity index (χ2v) is 1.48. The Kier molecular flexibility index (Phi) is 2.87. The van der Waals surface area contributed by atoms with Gasteiger partial charge in [0.25, 0.3) is 0 Å². The minimum atomic E-state index is -4.54. The van der Waals surface area contributed by atoms with E-state index in [0.717, 1.165) is 5.92 Å². The molecule has 0 aromatic carbocycles. The van der Waals surface area contributed by atoms with Crippen molar-refractivity contribution in [1.29, 1.82) is 0 Å². The molecule has 0 aliphatic rings. The van der Waals surface area contributed by atoms with E-state index < -0.39 is 18.3 Å². The summed E-state index contributed by atoms with van der Waals surface area (Å²) in [6.07, 6.45) is -3.96. The van der Waals surface area contributed by atoms with Crippen LogP contribution in [0.2, 0.25) is 0 Å². The van der Waals surface area contributed by atoms with Gasteiger partial charge in [-0.25, -0.2) is 13.6 Å². The maximum Gasteiger partial charge on any atom is 0.382 e. The molecule has 0 heterocycles. The zero-order chi connectivity index (χ0) is 9.07. The monoisotopic (exact) mass is 170 g/mol. The Morgan fingerprint density at radius 1 is 1.45 bits per heavy atom. The van der Waals surface area contributed by atoms with Gasteiger partial charge in [-0.05, 0) is 5.92 Å². The second kappa shape index (κ2) is 3.23. The van der Waals surface area contributed by atoms with Crippen LogP contribution in [0.5, 0.6) is 0 Å². The Morgan fingerprint density at radius 3 is 2.18 bits per heavy atom. The summed E-state index contributed by atoms with van der Waals surface area (Å²) in [5.41, 5.74) is 0. The fourth-order valence-corrected chi connectivity index (χ4v) is 0.191. The topological polar surface area (TPSA) is 37.3 Å². The van der Waals surface area contributed by atoms with Crippen LogP contribution < -0.4 is 0 Å². The van der Waals surface area contributed by atoms with E-state index in [-0.39, 0.29) is 0 Å². The number of halogens is 4. The molecule has 0 saturated heterocycles. The summed E-state index contributed by atoms with van der Waals surface area (Å²) in [5.74, 6) is -4.88. The summed E-state index contributed by atoms with van der Waals surface area (Å²) in [6, 6.07) is 0. The van der Waals surface area contributed by atoms with Gasteiger partial charge in [0.05, 0.1) is 0 Å². The SMILES string of the molecule is O=C(O)C#CC(F)(F)C(F)F. The van der Waals surface area contributed by atoms with Crippen molar-refractivity contribution in [3.05, 3.63) is 0 Å². The zero-order valence-corrected chi connectivity index (χ0v) is 4.94. The molecule has 11 heavy (non-hydrogen) atoms. The van der Waals surface area contributed by atoms with Gasteiger partial charge in [0.1, 0.15) is 0 Å². The van der Waals surface area contributed by atoms with Gasteiger partial charge in [-0.1, -0.05) is 0 Å². The number of hydrogen-bond acceptors (Lipinski definition) is 1. The van der Waals surface area contributed by atoms with Crippen LogP contribution in [0.15, 0.2) is 0 Å². The molecule has 0 fully saturated rings. The van der Waals surface area contributed by atoms with Crippen molar-refractivity contribution in [2.24, 2.45) is 0 Å². The first-order valence-electron chi connectivity index (χ1n) is 2.28. The summed E-state index contributed by atoms with van der Waals surface area (Å²) in [4.78, 5) is 9.52. The maximum atomic E-state index is 11.7. The molecule has 0 saturated carbocycles. The first-order valence-corrected chi connectivity index (χ1v) is 2.28. The zero-order valence-electron chi connectivity index (χ0n) is 4.94. The van der Waals surface area contributed by atoms with Gasteiger partial charge < -0.3 is 5.11 Å². The molecular formula is C5H2F4O2. The van der Waals surface area contributed by atoms with Gasteiger partial charge in [-0.3, -0.25) is 0 Å². The molecule has 6 heteroatoms. The summed E-state index contributed by atoms with van der Waals surface area (Å²) >= 11 is 0. The largest absolute Gasteiger partial charge is 0.472 e. The lowest BCUT2D eigenvalue weighted by molar-refractivity contribution is -0.130. The van der Waals surface area contributed by atoms with Crippen molar-refractivity contribution in [3.8, 4) is 11.8 Å². The highest BCUT2D eigenvalue weighted by Crippen LogP contribution is 2.20. The molecule has 0 rings (SSSR count). The summed E-state index contributed by atoms with van der Waals surface area (Å²) < 4.78 is 45.9. The van der Waals surface area contributed by atoms with E-state index in [1.807, 2.05) is 0 Å². The molecule has 1 N–H and O–H groups in total. The lowest BCUT2D eigenvalue weighted by Crippen LogP contribution is -2.24. The van der Waals surface area contributed by atoms with Gasteiger partial charge >= 0.3 is 18.3 Å². The molecule has 0 aliphatic heterocycles. The van der Waals surface area contributed by atoms with Crippen molar-refractivity contribution < 1.29 is 27.5 Å². The van der Waals surface area contributed by atoms with Gasteiger partial charge in [-0.15, -0.1) is 0 Å². The molecule has 0 bridgehead atoms. The number of rotatable bonds is 1. The van der Waals surface area contributed by atoms with Gasteiger partial charge in [-0.2, -0.15) is 8.78 Å². The number of carbonyl (C=O) groups is 1. The first kappa shape index (κ1) is 9.75. The smallest absolute Gasteiger partial charge is 0.382 e. The van der Waals surface area contributed by atoms with Gasteiger partial charge in [0.2, 0.25) is 0 Å². The average Bonchev–Trinajstić information content (AvgIpc) is 1.84. The standard InChI is InChI=1S/C5H2F4O2/c6-4(7)5(8,9)2-1-3(10)11/h4H,(H,10,11). The third kappa shape index (κ3) is 3.45. The van der Waals surface area contributed by atoms with Gasteiger partial charge in [0.15, 0.2) is 0 Å². The number of hydrogen-bond donors (Lipinski definition) is 1. The minimum Gasteiger partial charge on any atom is -0.472 e. The Morgan fingerprint density at radius 2 is 1.91 bits per heavy atom. The van der Waals surface area contributed by atoms with Crippen LogP contribution in [-0.2, 0) is 4.79 Å². The number of alkyl halides is 4. The van der Waals surface area contributed by atoms with E-state index >= 15 is 0 Å². The molecule has 0 aliphatic carbocycles. The fraction of sp³-hybridized carbons (Fsp3) is 0.400. The van der Waals surface area contributed by atoms with E-state index in [1.165, 1.54) is 0 Å². The Labute approximate surface area is 58.8 Å². The molecule has 0 unspecified atom stereocenters. The quantitative estimate of drug-likeness (QED) is 0.470. The minimum absolute atomic E-state index is 0.625. The first-order chi connectivity index (χ1) is 4.86. The highest BCUT2D eigenvalue weighted by molar-refractivity contribution is 5.86. The fourth-order valence-electron chi connectivity index (χ4n) is 0.191. The Balaban J connectivity index is 4.38. The normalized spacial score (nSPS) is 10.6. The summed E-state index contributed by atoms with van der Waals surface area (Å²) in [7, 11) is 0.